The second-order valence-electron chi connectivity index (χ2n) is 6.39. The molecule has 3 rings (SSSR count). The summed E-state index contributed by atoms with van der Waals surface area (Å²) in [5, 5.41) is 13.2. The van der Waals surface area contributed by atoms with Crippen molar-refractivity contribution in [1.82, 2.24) is 0 Å². The second-order valence-corrected chi connectivity index (χ2v) is 7.23. The molecule has 144 valence electrons. The number of carboxylic acid groups (broad SMARTS) is 1. The molecule has 3 aromatic carbocycles. The number of hydrogen-bond acceptors (Lipinski definition) is 3. The fraction of sp³-hybridized carbons (Fsp3) is 0.136. The van der Waals surface area contributed by atoms with Crippen LogP contribution in [0.15, 0.2) is 60.7 Å². The summed E-state index contributed by atoms with van der Waals surface area (Å²) in [6.07, 6.45) is 0. The van der Waals surface area contributed by atoms with Crippen molar-refractivity contribution in [3.63, 3.8) is 0 Å². The second kappa shape index (κ2) is 9.00. The van der Waals surface area contributed by atoms with Gasteiger partial charge < -0.3 is 15.2 Å². The van der Waals surface area contributed by atoms with E-state index in [9.17, 15) is 4.79 Å². The molecule has 0 unspecified atom stereocenters. The van der Waals surface area contributed by atoms with Crippen LogP contribution in [0, 0.1) is 6.92 Å². The first-order valence-corrected chi connectivity index (χ1v) is 9.41. The number of aromatic carboxylic acids is 1. The Morgan fingerprint density at radius 2 is 1.71 bits per heavy atom. The van der Waals surface area contributed by atoms with Crippen LogP contribution in [0.2, 0.25) is 10.0 Å². The van der Waals surface area contributed by atoms with Crippen LogP contribution in [0.25, 0.3) is 0 Å². The molecule has 0 saturated carbocycles. The molecule has 4 nitrogen and oxygen atoms in total. The topological polar surface area (TPSA) is 58.6 Å². The van der Waals surface area contributed by atoms with Gasteiger partial charge in [0.15, 0.2) is 0 Å². The molecule has 0 aliphatic rings. The van der Waals surface area contributed by atoms with Crippen LogP contribution in [-0.2, 0) is 13.2 Å². The lowest BCUT2D eigenvalue weighted by atomic mass is 10.1. The minimum atomic E-state index is -0.958. The summed E-state index contributed by atoms with van der Waals surface area (Å²) < 4.78 is 5.98. The van der Waals surface area contributed by atoms with Gasteiger partial charge in [-0.05, 0) is 48.9 Å². The highest BCUT2D eigenvalue weighted by Gasteiger charge is 2.12. The number of halogens is 2. The van der Waals surface area contributed by atoms with E-state index >= 15 is 0 Å². The minimum Gasteiger partial charge on any atom is -0.487 e. The highest BCUT2D eigenvalue weighted by Crippen LogP contribution is 2.33. The van der Waals surface area contributed by atoms with Crippen LogP contribution in [0.3, 0.4) is 0 Å². The number of hydrogen-bond donors (Lipinski definition) is 2. The van der Waals surface area contributed by atoms with Crippen LogP contribution in [0.1, 0.15) is 27.0 Å². The van der Waals surface area contributed by atoms with Crippen molar-refractivity contribution in [2.24, 2.45) is 0 Å². The molecule has 6 heteroatoms. The van der Waals surface area contributed by atoms with Gasteiger partial charge in [-0.25, -0.2) is 4.79 Å². The highest BCUT2D eigenvalue weighted by molar-refractivity contribution is 6.35. The number of carboxylic acids is 1. The molecular weight excluding hydrogens is 397 g/mol. The van der Waals surface area contributed by atoms with Gasteiger partial charge in [-0.2, -0.15) is 0 Å². The van der Waals surface area contributed by atoms with Gasteiger partial charge in [0.2, 0.25) is 0 Å². The van der Waals surface area contributed by atoms with Crippen LogP contribution < -0.4 is 10.1 Å². The minimum absolute atomic E-state index is 0.235. The Kier molecular flexibility index (Phi) is 6.45. The molecule has 0 bridgehead atoms. The predicted octanol–water partition coefficient (Wildman–Crippen LogP) is 6.19. The lowest BCUT2D eigenvalue weighted by molar-refractivity contribution is 0.0697. The Bertz CT molecular complexity index is 970. The normalized spacial score (nSPS) is 10.5. The van der Waals surface area contributed by atoms with E-state index in [0.29, 0.717) is 28.9 Å². The van der Waals surface area contributed by atoms with Crippen LogP contribution in [0.4, 0.5) is 5.69 Å². The van der Waals surface area contributed by atoms with E-state index in [-0.39, 0.29) is 5.56 Å². The number of nitrogens with one attached hydrogen (secondary N) is 1. The molecule has 0 saturated heterocycles. The van der Waals surface area contributed by atoms with Crippen molar-refractivity contribution in [3.05, 3.63) is 93.0 Å². The SMILES string of the molecule is Cc1ccc(COc2c(Cl)cc(Cl)cc2CNc2ccc(C(=O)O)cc2)cc1. The average Bonchev–Trinajstić information content (AvgIpc) is 2.67. The zero-order valence-corrected chi connectivity index (χ0v) is 16.7. The molecule has 0 radical (unpaired) electrons. The third-order valence-electron chi connectivity index (χ3n) is 4.20. The zero-order valence-electron chi connectivity index (χ0n) is 15.2. The lowest BCUT2D eigenvalue weighted by Gasteiger charge is -2.15. The van der Waals surface area contributed by atoms with Gasteiger partial charge in [-0.1, -0.05) is 53.0 Å². The number of rotatable bonds is 7. The monoisotopic (exact) mass is 415 g/mol. The summed E-state index contributed by atoms with van der Waals surface area (Å²) in [5.74, 6) is -0.388. The molecule has 0 aliphatic heterocycles. The zero-order chi connectivity index (χ0) is 20.1. The first kappa shape index (κ1) is 20.1. The Balaban J connectivity index is 1.74. The van der Waals surface area contributed by atoms with Crippen molar-refractivity contribution >= 4 is 34.9 Å². The first-order valence-electron chi connectivity index (χ1n) is 8.66. The maximum absolute atomic E-state index is 11.0. The fourth-order valence-electron chi connectivity index (χ4n) is 2.67. The number of aryl methyl sites for hydroxylation is 1. The van der Waals surface area contributed by atoms with Crippen LogP contribution in [-0.4, -0.2) is 11.1 Å². The third-order valence-corrected chi connectivity index (χ3v) is 4.70. The van der Waals surface area contributed by atoms with Gasteiger partial charge in [-0.3, -0.25) is 0 Å². The Morgan fingerprint density at radius 1 is 1.04 bits per heavy atom. The molecular formula is C22H19Cl2NO3. The van der Waals surface area contributed by atoms with Gasteiger partial charge in [-0.15, -0.1) is 0 Å². The Hall–Kier alpha value is -2.69. The average molecular weight is 416 g/mol. The maximum atomic E-state index is 11.0. The van der Waals surface area contributed by atoms with Crippen molar-refractivity contribution < 1.29 is 14.6 Å². The molecule has 2 N–H and O–H groups in total. The molecule has 0 spiro atoms. The van der Waals surface area contributed by atoms with Crippen LogP contribution in [0.5, 0.6) is 5.75 Å². The molecule has 0 fully saturated rings. The summed E-state index contributed by atoms with van der Waals surface area (Å²) >= 11 is 12.5. The van der Waals surface area contributed by atoms with E-state index in [1.54, 1.807) is 36.4 Å². The van der Waals surface area contributed by atoms with Gasteiger partial charge in [0.05, 0.1) is 10.6 Å². The molecule has 3 aromatic rings. The largest absolute Gasteiger partial charge is 0.487 e. The molecule has 0 heterocycles. The van der Waals surface area contributed by atoms with E-state index in [2.05, 4.69) is 5.32 Å². The van der Waals surface area contributed by atoms with Crippen molar-refractivity contribution in [2.45, 2.75) is 20.1 Å². The fourth-order valence-corrected chi connectivity index (χ4v) is 3.26. The van der Waals surface area contributed by atoms with Gasteiger partial charge in [0, 0.05) is 22.8 Å². The van der Waals surface area contributed by atoms with E-state index in [4.69, 9.17) is 33.0 Å². The summed E-state index contributed by atoms with van der Waals surface area (Å²) in [6.45, 7) is 2.85. The molecule has 0 amide bonds. The third kappa shape index (κ3) is 5.18. The quantitative estimate of drug-likeness (QED) is 0.482. The summed E-state index contributed by atoms with van der Waals surface area (Å²) in [4.78, 5) is 11.0. The summed E-state index contributed by atoms with van der Waals surface area (Å²) in [6, 6.07) is 18.1. The summed E-state index contributed by atoms with van der Waals surface area (Å²) in [7, 11) is 0. The van der Waals surface area contributed by atoms with Gasteiger partial charge >= 0.3 is 5.97 Å². The Morgan fingerprint density at radius 3 is 2.36 bits per heavy atom. The van der Waals surface area contributed by atoms with Crippen molar-refractivity contribution in [3.8, 4) is 5.75 Å². The Labute approximate surface area is 173 Å². The number of ether oxygens (including phenoxy) is 1. The summed E-state index contributed by atoms with van der Waals surface area (Å²) in [5.41, 5.74) is 4.06. The lowest BCUT2D eigenvalue weighted by Crippen LogP contribution is -2.05. The highest BCUT2D eigenvalue weighted by atomic mass is 35.5. The standard InChI is InChI=1S/C22H19Cl2NO3/c1-14-2-4-15(5-3-14)13-28-21-17(10-18(23)11-20(21)24)12-25-19-8-6-16(7-9-19)22(26)27/h2-11,25H,12-13H2,1H3,(H,26,27). The van der Waals surface area contributed by atoms with E-state index in [0.717, 1.165) is 16.8 Å². The van der Waals surface area contributed by atoms with E-state index < -0.39 is 5.97 Å². The van der Waals surface area contributed by atoms with E-state index in [1.807, 2.05) is 31.2 Å². The number of carbonyl (C=O) groups is 1. The van der Waals surface area contributed by atoms with Crippen molar-refractivity contribution in [2.75, 3.05) is 5.32 Å². The smallest absolute Gasteiger partial charge is 0.335 e. The van der Waals surface area contributed by atoms with Crippen molar-refractivity contribution in [1.29, 1.82) is 0 Å². The molecule has 0 atom stereocenters. The van der Waals surface area contributed by atoms with Gasteiger partial charge in [0.25, 0.3) is 0 Å². The molecule has 0 aliphatic carbocycles. The van der Waals surface area contributed by atoms with E-state index in [1.165, 1.54) is 5.56 Å². The predicted molar refractivity (Wildman–Crippen MR) is 113 cm³/mol. The van der Waals surface area contributed by atoms with Crippen LogP contribution >= 0.6 is 23.2 Å². The maximum Gasteiger partial charge on any atom is 0.335 e. The first-order chi connectivity index (χ1) is 13.4. The molecule has 0 aromatic heterocycles. The van der Waals surface area contributed by atoms with Gasteiger partial charge in [0.1, 0.15) is 12.4 Å². The number of benzene rings is 3. The molecule has 28 heavy (non-hydrogen) atoms. The number of anilines is 1.